The summed E-state index contributed by atoms with van der Waals surface area (Å²) in [5, 5.41) is 18.6. The quantitative estimate of drug-likeness (QED) is 0.0691. The Morgan fingerprint density at radius 3 is 2.72 bits per heavy atom. The number of hydrogen-bond acceptors (Lipinski definition) is 9. The second kappa shape index (κ2) is 12.9. The van der Waals surface area contributed by atoms with Crippen LogP contribution in [-0.2, 0) is 0 Å². The number of hydrogen-bond donors (Lipinski definition) is 1. The van der Waals surface area contributed by atoms with Crippen LogP contribution in [0.25, 0.3) is 11.2 Å². The molecule has 5 heterocycles. The van der Waals surface area contributed by atoms with E-state index in [1.165, 1.54) is 6.20 Å². The molecular formula is C28H33IN9O-. The molecule has 3 aromatic rings. The number of aromatic nitrogens is 3. The van der Waals surface area contributed by atoms with E-state index in [-0.39, 0.29) is 33.6 Å². The molecule has 2 atom stereocenters. The molecule has 2 N–H and O–H groups in total. The van der Waals surface area contributed by atoms with E-state index in [9.17, 15) is 5.26 Å². The zero-order valence-electron chi connectivity index (χ0n) is 22.6. The first kappa shape index (κ1) is 28.3. The van der Waals surface area contributed by atoms with Crippen LogP contribution >= 0.6 is 0 Å². The van der Waals surface area contributed by atoms with E-state index in [2.05, 4.69) is 27.1 Å². The molecule has 0 aromatic carbocycles. The molecule has 2 aliphatic rings. The predicted molar refractivity (Wildman–Crippen MR) is 146 cm³/mol. The molecule has 2 saturated heterocycles. The number of alkyl halides is 1. The Labute approximate surface area is 240 Å². The summed E-state index contributed by atoms with van der Waals surface area (Å²) in [5.41, 5.74) is 10.3. The first-order valence-corrected chi connectivity index (χ1v) is 15.2. The second-order valence-electron chi connectivity index (χ2n) is 8.99. The van der Waals surface area contributed by atoms with E-state index in [0.29, 0.717) is 21.3 Å². The van der Waals surface area contributed by atoms with E-state index in [4.69, 9.17) is 20.7 Å². The summed E-state index contributed by atoms with van der Waals surface area (Å²) in [6.45, 7) is 10.7. The molecule has 11 heteroatoms. The maximum absolute atomic E-state index is 9.62. The third kappa shape index (κ3) is 6.49. The Balaban J connectivity index is 0.00000172. The number of ether oxygens (including phenoxy) is 1. The van der Waals surface area contributed by atoms with Gasteiger partial charge in [0.15, 0.2) is 0 Å². The van der Waals surface area contributed by atoms with Crippen LogP contribution in [0.5, 0.6) is 5.88 Å². The van der Waals surface area contributed by atoms with Gasteiger partial charge in [-0.05, 0) is 19.1 Å². The standard InChI is InChI=1S/C26H27IN9O.C2H6/c1-17(33-20-14-34(15-20)8-6-24-27-35(24)16-30)22(12-29)19-9-25-32-13-21(11-28)36(25)26(10-19)37-18(2)23-5-3-4-7-31-23;1-2/h3-5,7,9-10,12-13,18,20,24H,6,8,14-15,29H2,1-2H3;1-2H3/q-1;/b22-12+,33-17?;. The van der Waals surface area contributed by atoms with Gasteiger partial charge in [-0.15, -0.1) is 0 Å². The van der Waals surface area contributed by atoms with Gasteiger partial charge in [-0.3, -0.25) is 9.38 Å². The van der Waals surface area contributed by atoms with Crippen molar-refractivity contribution in [1.82, 2.24) is 22.4 Å². The third-order valence-corrected chi connectivity index (χ3v) is 9.22. The molecule has 3 aromatic heterocycles. The molecule has 0 radical (unpaired) electrons. The fourth-order valence-corrected chi connectivity index (χ4v) is 6.10. The zero-order valence-corrected chi connectivity index (χ0v) is 24.8. The molecule has 204 valence electrons. The second-order valence-corrected chi connectivity index (χ2v) is 12.0. The number of likely N-dealkylation sites (tertiary alicyclic amines) is 1. The number of imidazole rings is 1. The zero-order chi connectivity index (χ0) is 27.9. The van der Waals surface area contributed by atoms with E-state index in [1.54, 1.807) is 16.8 Å². The van der Waals surface area contributed by atoms with Crippen LogP contribution in [0.1, 0.15) is 57.2 Å². The molecule has 0 bridgehead atoms. The Morgan fingerprint density at radius 2 is 2.08 bits per heavy atom. The first-order chi connectivity index (χ1) is 19.0. The number of nitrogens with two attached hydrogens (primary N) is 1. The molecule has 2 aliphatic heterocycles. The van der Waals surface area contributed by atoms with Gasteiger partial charge in [0, 0.05) is 6.20 Å². The van der Waals surface area contributed by atoms with E-state index in [1.807, 2.05) is 61.1 Å². The van der Waals surface area contributed by atoms with E-state index >= 15 is 0 Å². The van der Waals surface area contributed by atoms with Crippen molar-refractivity contribution in [3.05, 3.63) is 65.9 Å². The Bertz CT molecular complexity index is 1430. The van der Waals surface area contributed by atoms with Crippen LogP contribution in [-0.4, -0.2) is 57.8 Å². The van der Waals surface area contributed by atoms with Crippen molar-refractivity contribution in [3.63, 3.8) is 0 Å². The summed E-state index contributed by atoms with van der Waals surface area (Å²) in [7, 11) is 0. The van der Waals surface area contributed by atoms with Crippen LogP contribution in [0, 0.1) is 22.8 Å². The van der Waals surface area contributed by atoms with E-state index in [0.717, 1.165) is 48.6 Å². The summed E-state index contributed by atoms with van der Waals surface area (Å²) < 4.78 is 10.4. The summed E-state index contributed by atoms with van der Waals surface area (Å²) in [5.74, 6) is 0.482. The SMILES string of the molecule is CC.CC(=NC1CN(CCC2[I-]N2C#N)C1)/C(=C\N)c1cc(OC(C)c2ccccn2)n2c(C#N)cnc2c1. The Kier molecular flexibility index (Phi) is 9.38. The molecular weight excluding hydrogens is 605 g/mol. The van der Waals surface area contributed by atoms with Crippen molar-refractivity contribution in [2.45, 2.75) is 50.3 Å². The molecule has 0 amide bonds. The van der Waals surface area contributed by atoms with Gasteiger partial charge in [0.05, 0.1) is 11.9 Å². The van der Waals surface area contributed by atoms with Gasteiger partial charge in [-0.25, -0.2) is 4.98 Å². The average Bonchev–Trinajstić information content (AvgIpc) is 3.58. The monoisotopic (exact) mass is 638 g/mol. The number of allylic oxidation sites excluding steroid dienone is 1. The van der Waals surface area contributed by atoms with Crippen molar-refractivity contribution in [2.24, 2.45) is 10.7 Å². The van der Waals surface area contributed by atoms with Crippen LogP contribution in [0.2, 0.25) is 0 Å². The summed E-state index contributed by atoms with van der Waals surface area (Å²) in [6.07, 6.45) is 7.80. The van der Waals surface area contributed by atoms with Crippen LogP contribution in [0.4, 0.5) is 0 Å². The van der Waals surface area contributed by atoms with Crippen molar-refractivity contribution in [1.29, 1.82) is 10.5 Å². The fourth-order valence-electron chi connectivity index (χ4n) is 4.46. The minimum atomic E-state index is -0.340. The molecule has 0 aliphatic carbocycles. The van der Waals surface area contributed by atoms with Crippen LogP contribution < -0.4 is 31.9 Å². The van der Waals surface area contributed by atoms with Crippen molar-refractivity contribution >= 4 is 16.9 Å². The molecule has 0 spiro atoms. The van der Waals surface area contributed by atoms with Gasteiger partial charge in [0.2, 0.25) is 0 Å². The summed E-state index contributed by atoms with van der Waals surface area (Å²) in [6, 6.07) is 11.8. The van der Waals surface area contributed by atoms with Gasteiger partial charge < -0.3 is 4.74 Å². The molecule has 0 saturated carbocycles. The fraction of sp³-hybridized carbons (Fsp3) is 0.393. The Hall–Kier alpha value is -3.68. The van der Waals surface area contributed by atoms with Crippen LogP contribution in [0.15, 0.2) is 53.9 Å². The minimum absolute atomic E-state index is 0.0452. The van der Waals surface area contributed by atoms with Gasteiger partial charge >= 0.3 is 141 Å². The summed E-state index contributed by atoms with van der Waals surface area (Å²) in [4.78, 5) is 16.1. The van der Waals surface area contributed by atoms with Gasteiger partial charge in [-0.1, -0.05) is 19.9 Å². The van der Waals surface area contributed by atoms with Crippen molar-refractivity contribution < 1.29 is 26.2 Å². The number of pyridine rings is 2. The topological polar surface area (TPSA) is 132 Å². The Morgan fingerprint density at radius 1 is 1.28 bits per heavy atom. The summed E-state index contributed by atoms with van der Waals surface area (Å²) >= 11 is -0.0452. The number of fused-ring (bicyclic) bond motifs is 1. The number of aliphatic imine (C=N–C) groups is 1. The number of nitrogens with zero attached hydrogens (tertiary/aromatic N) is 8. The van der Waals surface area contributed by atoms with Crippen molar-refractivity contribution in [2.75, 3.05) is 19.6 Å². The third-order valence-electron chi connectivity index (χ3n) is 6.47. The molecule has 5 rings (SSSR count). The van der Waals surface area contributed by atoms with E-state index < -0.39 is 0 Å². The van der Waals surface area contributed by atoms with Crippen molar-refractivity contribution in [3.8, 4) is 18.1 Å². The molecule has 2 fully saturated rings. The maximum atomic E-state index is 9.62. The average molecular weight is 639 g/mol. The van der Waals surface area contributed by atoms with Gasteiger partial charge in [0.1, 0.15) is 17.9 Å². The molecule has 10 nitrogen and oxygen atoms in total. The van der Waals surface area contributed by atoms with Gasteiger partial charge in [0.25, 0.3) is 0 Å². The number of rotatable bonds is 9. The number of halogens is 1. The predicted octanol–water partition coefficient (Wildman–Crippen LogP) is 0.729. The molecule has 39 heavy (non-hydrogen) atoms. The van der Waals surface area contributed by atoms with Gasteiger partial charge in [-0.2, -0.15) is 5.26 Å². The first-order valence-electron chi connectivity index (χ1n) is 13.0. The normalized spacial score (nSPS) is 18.6. The molecule has 2 unspecified atom stereocenters. The van der Waals surface area contributed by atoms with Crippen LogP contribution in [0.3, 0.4) is 0 Å². The number of nitriles is 2.